The van der Waals surface area contributed by atoms with Crippen molar-refractivity contribution >= 4 is 29.2 Å². The Labute approximate surface area is 56.4 Å². The average Bonchev–Trinajstić information content (AvgIpc) is 2.13. The van der Waals surface area contributed by atoms with Gasteiger partial charge in [-0.2, -0.15) is 0 Å². The third-order valence-corrected chi connectivity index (χ3v) is 1.95. The van der Waals surface area contributed by atoms with Crippen LogP contribution in [0.15, 0.2) is 0 Å². The third-order valence-electron chi connectivity index (χ3n) is 1.11. The first kappa shape index (κ1) is 6.17. The lowest BCUT2D eigenvalue weighted by Gasteiger charge is -1.86. The van der Waals surface area contributed by atoms with Crippen molar-refractivity contribution in [1.29, 1.82) is 0 Å². The second-order valence-corrected chi connectivity index (χ2v) is 3.38. The minimum atomic E-state index is -1.16. The number of hydrogen-bond acceptors (Lipinski definition) is 1. The molecule has 1 atom stereocenters. The molecule has 1 rings (SSSR count). The summed E-state index contributed by atoms with van der Waals surface area (Å²) in [5.74, 6) is -1.80. The molecule has 1 fully saturated rings. The zero-order chi connectivity index (χ0) is 6.36. The average molecular weight is 144 g/mol. The molecule has 2 nitrogen and oxygen atoms in total. The topological polar surface area (TPSA) is 37.0 Å². The zero-order valence-corrected chi connectivity index (χ0v) is 5.37. The monoisotopic (exact) mass is 143 g/mol. The number of carbonyl (C=O) groups is 1. The van der Waals surface area contributed by atoms with Gasteiger partial charge < -0.3 is 0 Å². The summed E-state index contributed by atoms with van der Waals surface area (Å²) in [6.07, 6.45) is 0.318. The highest BCUT2D eigenvalue weighted by atomic mass is 35.5. The summed E-state index contributed by atoms with van der Waals surface area (Å²) in [5, 5.41) is 9.90. The smallest absolute Gasteiger partial charge is 0.247 e. The number of rotatable bonds is 1. The number of hydrogen-bond donors (Lipinski definition) is 0. The summed E-state index contributed by atoms with van der Waals surface area (Å²) in [7, 11) is 0. The van der Waals surface area contributed by atoms with Gasteiger partial charge in [-0.3, -0.25) is 0 Å². The molecule has 8 heavy (non-hydrogen) atoms. The molecule has 0 N–H and O–H groups in total. The Morgan fingerprint density at radius 1 is 1.75 bits per heavy atom. The second kappa shape index (κ2) is 1.52. The van der Waals surface area contributed by atoms with Gasteiger partial charge in [0.15, 0.2) is 0 Å². The van der Waals surface area contributed by atoms with Crippen LogP contribution in [0, 0.1) is 5.92 Å². The predicted octanol–water partition coefficient (Wildman–Crippen LogP) is 1.14. The summed E-state index contributed by atoms with van der Waals surface area (Å²) < 4.78 is -1.03. The Kier molecular flexibility index (Phi) is 1.17. The molecule has 1 aliphatic carbocycles. The maximum atomic E-state index is 9.90. The van der Waals surface area contributed by atoms with Crippen LogP contribution in [0.3, 0.4) is 0 Å². The lowest BCUT2D eigenvalue weighted by Crippen LogP contribution is -2.01. The molecule has 0 aromatic carbocycles. The molecule has 1 aliphatic rings. The van der Waals surface area contributed by atoms with Crippen molar-refractivity contribution in [3.63, 3.8) is 0 Å². The molecule has 1 saturated carbocycles. The fourth-order valence-electron chi connectivity index (χ4n) is 0.469. The molecule has 0 aromatic rings. The van der Waals surface area contributed by atoms with Gasteiger partial charge in [-0.1, -0.05) is 0 Å². The van der Waals surface area contributed by atoms with Crippen LogP contribution in [-0.4, -0.2) is 10.3 Å². The van der Waals surface area contributed by atoms with Gasteiger partial charge >= 0.3 is 5.97 Å². The standard InChI is InChI=1S/C4H3Cl2O2/c5-4(6)1-2(4)3(7)8/h2H,1H2/i7-10. The van der Waals surface area contributed by atoms with Crippen LogP contribution in [0.25, 0.3) is 0 Å². The molecular formula is C4H3Cl2O2. The first-order valence-electron chi connectivity index (χ1n) is 2.13. The summed E-state index contributed by atoms with van der Waals surface area (Å²) in [6.45, 7) is 0. The molecular weight excluding hydrogens is 141 g/mol. The summed E-state index contributed by atoms with van der Waals surface area (Å²) in [4.78, 5) is 9.90. The molecule has 1 radical (unpaired) electrons. The van der Waals surface area contributed by atoms with E-state index in [0.29, 0.717) is 6.42 Å². The van der Waals surface area contributed by atoms with Crippen molar-refractivity contribution in [2.24, 2.45) is 5.92 Å². The Hall–Kier alpha value is 0.0500. The number of alkyl halides is 2. The van der Waals surface area contributed by atoms with Gasteiger partial charge in [0.2, 0.25) is 0 Å². The number of halogens is 2. The first-order valence-corrected chi connectivity index (χ1v) is 2.88. The summed E-state index contributed by atoms with van der Waals surface area (Å²) >= 11 is 10.7. The fraction of sp³-hybridized carbons (Fsp3) is 0.750. The molecule has 0 saturated heterocycles. The van der Waals surface area contributed by atoms with Gasteiger partial charge in [-0.25, -0.2) is 9.90 Å². The van der Waals surface area contributed by atoms with E-state index in [4.69, 9.17) is 23.2 Å². The molecule has 45 valence electrons. The van der Waals surface area contributed by atoms with Crippen LogP contribution in [0.4, 0.5) is 0 Å². The predicted molar refractivity (Wildman–Crippen MR) is 28.2 cm³/mol. The van der Waals surface area contributed by atoms with Gasteiger partial charge in [-0.05, 0) is 6.42 Å². The highest BCUT2D eigenvalue weighted by molar-refractivity contribution is 6.52. The maximum absolute atomic E-state index is 9.90. The maximum Gasteiger partial charge on any atom is 0.361 e. The quantitative estimate of drug-likeness (QED) is 0.508. The van der Waals surface area contributed by atoms with Crippen molar-refractivity contribution in [3.05, 3.63) is 0 Å². The Bertz CT molecular complexity index is 132. The molecule has 1 unspecified atom stereocenters. The second-order valence-electron chi connectivity index (χ2n) is 1.84. The van der Waals surface area contributed by atoms with E-state index in [-0.39, 0.29) is 0 Å². The van der Waals surface area contributed by atoms with E-state index in [9.17, 15) is 9.90 Å². The van der Waals surface area contributed by atoms with E-state index < -0.39 is 16.2 Å². The van der Waals surface area contributed by atoms with Crippen molar-refractivity contribution in [2.75, 3.05) is 0 Å². The molecule has 0 amide bonds. The lowest BCUT2D eigenvalue weighted by atomic mass is 5.83. The van der Waals surface area contributed by atoms with Gasteiger partial charge in [0.1, 0.15) is 4.33 Å². The fourth-order valence-corrected chi connectivity index (χ4v) is 0.956. The van der Waals surface area contributed by atoms with Crippen molar-refractivity contribution in [3.8, 4) is 0 Å². The van der Waals surface area contributed by atoms with Crippen LogP contribution in [-0.2, 0) is 9.90 Å². The normalized spacial score (nSPS) is 32.0. The molecule has 0 aliphatic heterocycles. The van der Waals surface area contributed by atoms with E-state index in [1.165, 1.54) is 0 Å². The van der Waals surface area contributed by atoms with Crippen molar-refractivity contribution < 1.29 is 9.90 Å². The first-order chi connectivity index (χ1) is 3.54. The highest BCUT2D eigenvalue weighted by Crippen LogP contribution is 2.53. The molecule has 0 aromatic heterocycles. The van der Waals surface area contributed by atoms with E-state index in [2.05, 4.69) is 0 Å². The van der Waals surface area contributed by atoms with E-state index in [1.807, 2.05) is 0 Å². The molecule has 4 heteroatoms. The van der Waals surface area contributed by atoms with Crippen LogP contribution in [0.5, 0.6) is 0 Å². The van der Waals surface area contributed by atoms with E-state index >= 15 is 0 Å². The van der Waals surface area contributed by atoms with Gasteiger partial charge in [0.05, 0.1) is 5.92 Å². The SMILES string of the molecule is O=C([6O])C1CC1(Cl)Cl. The summed E-state index contributed by atoms with van der Waals surface area (Å²) in [5.41, 5.74) is 0. The summed E-state index contributed by atoms with van der Waals surface area (Å²) in [6, 6.07) is 0. The minimum absolute atomic E-state index is 0.318. The van der Waals surface area contributed by atoms with Crippen molar-refractivity contribution in [2.45, 2.75) is 10.8 Å². The van der Waals surface area contributed by atoms with Crippen LogP contribution >= 0.6 is 23.2 Å². The zero-order valence-electron chi connectivity index (χ0n) is 3.86. The Balaban J connectivity index is 2.48. The minimum Gasteiger partial charge on any atom is -0.247 e. The Morgan fingerprint density at radius 2 is 2.12 bits per heavy atom. The lowest BCUT2D eigenvalue weighted by molar-refractivity contribution is -0.144. The van der Waals surface area contributed by atoms with Crippen LogP contribution in [0.2, 0.25) is 0 Å². The van der Waals surface area contributed by atoms with Crippen LogP contribution in [0.1, 0.15) is 6.42 Å². The van der Waals surface area contributed by atoms with Gasteiger partial charge in [0, 0.05) is 0 Å². The largest absolute Gasteiger partial charge is 0.361 e. The Morgan fingerprint density at radius 3 is 2.12 bits per heavy atom. The van der Waals surface area contributed by atoms with Gasteiger partial charge in [-0.15, -0.1) is 23.2 Å². The molecule has 0 heterocycles. The van der Waals surface area contributed by atoms with E-state index in [1.54, 1.807) is 0 Å². The van der Waals surface area contributed by atoms with Gasteiger partial charge in [0.25, 0.3) is 0 Å². The van der Waals surface area contributed by atoms with E-state index in [0.717, 1.165) is 0 Å². The number of carbonyl (C=O) groups excluding carboxylic acids is 1. The molecule has 0 bridgehead atoms. The van der Waals surface area contributed by atoms with Crippen LogP contribution < -0.4 is 0 Å². The molecule has 0 spiro atoms. The third kappa shape index (κ3) is 0.906. The highest BCUT2D eigenvalue weighted by Gasteiger charge is 2.57. The van der Waals surface area contributed by atoms with Crippen molar-refractivity contribution in [1.82, 2.24) is 0 Å².